The molecule has 0 amide bonds. The highest BCUT2D eigenvalue weighted by atomic mass is 16.1. The van der Waals surface area contributed by atoms with Crippen molar-refractivity contribution in [2.45, 2.75) is 47.6 Å². The van der Waals surface area contributed by atoms with E-state index in [1.165, 1.54) is 0 Å². The number of ketones is 2. The maximum atomic E-state index is 11.6. The van der Waals surface area contributed by atoms with Gasteiger partial charge in [0.25, 0.3) is 0 Å². The average Bonchev–Trinajstić information content (AvgIpc) is 2.63. The Morgan fingerprint density at radius 1 is 0.929 bits per heavy atom. The van der Waals surface area contributed by atoms with E-state index in [4.69, 9.17) is 0 Å². The lowest BCUT2D eigenvalue weighted by Gasteiger charge is -2.18. The van der Waals surface area contributed by atoms with Crippen LogP contribution in [0.2, 0.25) is 0 Å². The Kier molecular flexibility index (Phi) is 6.99. The zero-order valence-corrected chi connectivity index (χ0v) is 17.2. The summed E-state index contributed by atoms with van der Waals surface area (Å²) < 4.78 is 0. The number of Topliss-reactive ketones (excluding diaryl/α,β-unsaturated/α-hetero) is 2. The Morgan fingerprint density at radius 2 is 1.46 bits per heavy atom. The van der Waals surface area contributed by atoms with Crippen molar-refractivity contribution in [1.82, 2.24) is 5.12 Å². The van der Waals surface area contributed by atoms with E-state index in [0.717, 1.165) is 28.0 Å². The van der Waals surface area contributed by atoms with Crippen LogP contribution in [0.3, 0.4) is 0 Å². The van der Waals surface area contributed by atoms with Crippen molar-refractivity contribution in [1.29, 1.82) is 0 Å². The maximum Gasteiger partial charge on any atom is 0.159 e. The average molecular weight is 377 g/mol. The van der Waals surface area contributed by atoms with Crippen molar-refractivity contribution in [2.75, 3.05) is 0 Å². The van der Waals surface area contributed by atoms with Gasteiger partial charge in [0.1, 0.15) is 0 Å². The van der Waals surface area contributed by atoms with E-state index >= 15 is 0 Å². The lowest BCUT2D eigenvalue weighted by molar-refractivity contribution is 0.100. The molecule has 0 aliphatic carbocycles. The van der Waals surface area contributed by atoms with Gasteiger partial charge >= 0.3 is 0 Å². The van der Waals surface area contributed by atoms with E-state index < -0.39 is 0 Å². The number of hydrazone groups is 2. The highest BCUT2D eigenvalue weighted by molar-refractivity contribution is 5.95. The van der Waals surface area contributed by atoms with E-state index in [-0.39, 0.29) is 11.6 Å². The topological polar surface area (TPSA) is 62.1 Å². The quantitative estimate of drug-likeness (QED) is 0.379. The van der Waals surface area contributed by atoms with Gasteiger partial charge < -0.3 is 0 Å². The monoisotopic (exact) mass is 377 g/mol. The van der Waals surface area contributed by atoms with Gasteiger partial charge in [0, 0.05) is 30.0 Å². The van der Waals surface area contributed by atoms with Crippen LogP contribution >= 0.6 is 0 Å². The maximum absolute atomic E-state index is 11.6. The van der Waals surface area contributed by atoms with E-state index in [1.807, 2.05) is 57.2 Å². The van der Waals surface area contributed by atoms with Crippen LogP contribution < -0.4 is 0 Å². The minimum Gasteiger partial charge on any atom is -0.295 e. The molecule has 0 atom stereocenters. The number of rotatable bonds is 8. The molecule has 0 aliphatic rings. The molecule has 0 unspecified atom stereocenters. The molecule has 0 N–H and O–H groups in total. The summed E-state index contributed by atoms with van der Waals surface area (Å²) in [5.74, 6) is 0.113. The summed E-state index contributed by atoms with van der Waals surface area (Å²) in [5.41, 5.74) is 6.53. The minimum atomic E-state index is 0.0560. The molecule has 0 aliphatic heterocycles. The lowest BCUT2D eigenvalue weighted by Crippen LogP contribution is -2.15. The first-order valence-electron chi connectivity index (χ1n) is 9.20. The highest BCUT2D eigenvalue weighted by Crippen LogP contribution is 2.20. The Labute approximate surface area is 166 Å². The largest absolute Gasteiger partial charge is 0.295 e. The number of carbonyl (C=O) groups excluding carboxylic acids is 2. The molecule has 0 saturated heterocycles. The van der Waals surface area contributed by atoms with Crippen LogP contribution in [0, 0.1) is 13.8 Å². The molecule has 0 aromatic heterocycles. The highest BCUT2D eigenvalue weighted by Gasteiger charge is 2.11. The fraction of sp³-hybridized carbons (Fsp3) is 0.304. The number of nitrogens with zero attached hydrogens (tertiary/aromatic N) is 3. The summed E-state index contributed by atoms with van der Waals surface area (Å²) in [4.78, 5) is 23.0. The van der Waals surface area contributed by atoms with Gasteiger partial charge in [-0.2, -0.15) is 15.3 Å². The van der Waals surface area contributed by atoms with Gasteiger partial charge in [0.15, 0.2) is 11.6 Å². The van der Waals surface area contributed by atoms with Gasteiger partial charge in [-0.1, -0.05) is 24.3 Å². The van der Waals surface area contributed by atoms with Gasteiger partial charge in [-0.15, -0.1) is 0 Å². The van der Waals surface area contributed by atoms with Gasteiger partial charge in [0.05, 0.1) is 6.54 Å². The van der Waals surface area contributed by atoms with Crippen LogP contribution in [-0.4, -0.2) is 29.1 Å². The SMILES string of the molecule is C=NN(Cc1c(C)cc(C(C)=O)cc1C)/N=C(\C)Cc1ccc(C(C)=O)cc1. The molecule has 2 rings (SSSR count). The Hall–Kier alpha value is -3.08. The predicted molar refractivity (Wildman–Crippen MR) is 114 cm³/mol. The fourth-order valence-electron chi connectivity index (χ4n) is 3.09. The first-order chi connectivity index (χ1) is 13.2. The van der Waals surface area contributed by atoms with Crippen molar-refractivity contribution in [3.8, 4) is 0 Å². The van der Waals surface area contributed by atoms with Crippen LogP contribution in [-0.2, 0) is 13.0 Å². The molecule has 28 heavy (non-hydrogen) atoms. The summed E-state index contributed by atoms with van der Waals surface area (Å²) in [6, 6.07) is 11.3. The Balaban J connectivity index is 2.15. The van der Waals surface area contributed by atoms with E-state index in [2.05, 4.69) is 16.9 Å². The molecule has 0 spiro atoms. The Morgan fingerprint density at radius 3 is 1.93 bits per heavy atom. The normalized spacial score (nSPS) is 11.2. The molecule has 146 valence electrons. The summed E-state index contributed by atoms with van der Waals surface area (Å²) >= 11 is 0. The van der Waals surface area contributed by atoms with Crippen LogP contribution in [0.25, 0.3) is 0 Å². The van der Waals surface area contributed by atoms with Crippen molar-refractivity contribution in [3.63, 3.8) is 0 Å². The predicted octanol–water partition coefficient (Wildman–Crippen LogP) is 4.74. The second kappa shape index (κ2) is 9.22. The summed E-state index contributed by atoms with van der Waals surface area (Å²) in [6.45, 7) is 13.2. The van der Waals surface area contributed by atoms with Crippen molar-refractivity contribution < 1.29 is 9.59 Å². The molecule has 5 heteroatoms. The smallest absolute Gasteiger partial charge is 0.159 e. The molecule has 0 radical (unpaired) electrons. The zero-order valence-electron chi connectivity index (χ0n) is 17.2. The number of benzene rings is 2. The standard InChI is InChI=1S/C23H27N3O2/c1-15-11-22(19(5)28)12-16(2)23(15)14-26(24-6)25-17(3)13-20-7-9-21(10-8-20)18(4)27/h7-12H,6,13-14H2,1-5H3/b25-17+. The summed E-state index contributed by atoms with van der Waals surface area (Å²) in [5, 5.41) is 10.2. The number of aryl methyl sites for hydroxylation is 2. The van der Waals surface area contributed by atoms with Crippen LogP contribution in [0.15, 0.2) is 46.6 Å². The zero-order chi connectivity index (χ0) is 20.8. The molecule has 0 heterocycles. The first kappa shape index (κ1) is 21.2. The molecule has 5 nitrogen and oxygen atoms in total. The third kappa shape index (κ3) is 5.46. The molecule has 2 aromatic rings. The van der Waals surface area contributed by atoms with E-state index in [0.29, 0.717) is 24.1 Å². The summed E-state index contributed by atoms with van der Waals surface area (Å²) in [7, 11) is 0. The molecule has 0 saturated carbocycles. The van der Waals surface area contributed by atoms with Crippen molar-refractivity contribution in [2.24, 2.45) is 10.2 Å². The van der Waals surface area contributed by atoms with Gasteiger partial charge in [-0.05, 0) is 69.0 Å². The second-order valence-electron chi connectivity index (χ2n) is 7.08. The van der Waals surface area contributed by atoms with Crippen molar-refractivity contribution >= 4 is 24.0 Å². The summed E-state index contributed by atoms with van der Waals surface area (Å²) in [6.07, 6.45) is 0.658. The first-order valence-corrected chi connectivity index (χ1v) is 9.20. The third-order valence-corrected chi connectivity index (χ3v) is 4.67. The third-order valence-electron chi connectivity index (χ3n) is 4.67. The van der Waals surface area contributed by atoms with E-state index in [1.54, 1.807) is 19.0 Å². The van der Waals surface area contributed by atoms with Gasteiger partial charge in [-0.25, -0.2) is 0 Å². The van der Waals surface area contributed by atoms with E-state index in [9.17, 15) is 9.59 Å². The minimum absolute atomic E-state index is 0.0560. The molecular formula is C23H27N3O2. The van der Waals surface area contributed by atoms with Crippen molar-refractivity contribution in [3.05, 3.63) is 69.8 Å². The van der Waals surface area contributed by atoms with Crippen LogP contribution in [0.1, 0.15) is 63.7 Å². The van der Waals surface area contributed by atoms with Crippen LogP contribution in [0.4, 0.5) is 0 Å². The molecule has 0 fully saturated rings. The lowest BCUT2D eigenvalue weighted by atomic mass is 9.98. The molecule has 0 bridgehead atoms. The number of hydrogen-bond acceptors (Lipinski definition) is 5. The fourth-order valence-corrected chi connectivity index (χ4v) is 3.09. The molecular weight excluding hydrogens is 350 g/mol. The number of carbonyl (C=O) groups is 2. The molecule has 2 aromatic carbocycles. The Bertz CT molecular complexity index is 904. The van der Waals surface area contributed by atoms with Gasteiger partial charge in [0.2, 0.25) is 0 Å². The second-order valence-corrected chi connectivity index (χ2v) is 7.08. The van der Waals surface area contributed by atoms with Gasteiger partial charge in [-0.3, -0.25) is 9.59 Å². The van der Waals surface area contributed by atoms with Crippen LogP contribution in [0.5, 0.6) is 0 Å². The number of hydrogen-bond donors (Lipinski definition) is 0.